The van der Waals surface area contributed by atoms with Gasteiger partial charge in [-0.15, -0.1) is 0 Å². The van der Waals surface area contributed by atoms with Gasteiger partial charge in [0.15, 0.2) is 0 Å². The van der Waals surface area contributed by atoms with E-state index in [0.29, 0.717) is 6.10 Å². The van der Waals surface area contributed by atoms with Crippen molar-refractivity contribution in [3.05, 3.63) is 35.9 Å². The molecule has 0 heterocycles. The minimum Gasteiger partial charge on any atom is -0.369 e. The second-order valence-corrected chi connectivity index (χ2v) is 6.22. The lowest BCUT2D eigenvalue weighted by atomic mass is 9.80. The molecule has 0 amide bonds. The Morgan fingerprint density at radius 1 is 1.11 bits per heavy atom. The molecule has 5 unspecified atom stereocenters. The highest BCUT2D eigenvalue weighted by molar-refractivity contribution is 5.19. The van der Waals surface area contributed by atoms with Gasteiger partial charge in [-0.05, 0) is 43.6 Å². The molecule has 0 saturated heterocycles. The Kier molecular flexibility index (Phi) is 5.00. The van der Waals surface area contributed by atoms with Gasteiger partial charge in [-0.25, -0.2) is 0 Å². The van der Waals surface area contributed by atoms with Crippen LogP contribution in [0.1, 0.15) is 51.7 Å². The standard InChI is InChI=1S/C17H27NO/c1-12-9-10-16(11-13(12)2)19-17(14(3)18)15-7-5-4-6-8-15/h4-8,12-14,16-17H,9-11,18H2,1-3H3. The molecule has 1 aromatic carbocycles. The monoisotopic (exact) mass is 261 g/mol. The zero-order chi connectivity index (χ0) is 13.8. The van der Waals surface area contributed by atoms with Gasteiger partial charge in [0.2, 0.25) is 0 Å². The summed E-state index contributed by atoms with van der Waals surface area (Å²) in [5.41, 5.74) is 7.32. The molecule has 0 aromatic heterocycles. The van der Waals surface area contributed by atoms with Crippen molar-refractivity contribution in [2.45, 2.75) is 58.3 Å². The van der Waals surface area contributed by atoms with Crippen LogP contribution in [0.3, 0.4) is 0 Å². The molecule has 1 aliphatic rings. The Morgan fingerprint density at radius 3 is 2.37 bits per heavy atom. The lowest BCUT2D eigenvalue weighted by Crippen LogP contribution is -2.34. The molecule has 0 radical (unpaired) electrons. The van der Waals surface area contributed by atoms with Crippen LogP contribution in [0.2, 0.25) is 0 Å². The van der Waals surface area contributed by atoms with Gasteiger partial charge in [0.25, 0.3) is 0 Å². The summed E-state index contributed by atoms with van der Waals surface area (Å²) in [6.07, 6.45) is 3.99. The maximum absolute atomic E-state index is 6.33. The molecule has 2 rings (SSSR count). The first-order valence-corrected chi connectivity index (χ1v) is 7.54. The summed E-state index contributed by atoms with van der Waals surface area (Å²) in [4.78, 5) is 0. The Balaban J connectivity index is 2.02. The first-order chi connectivity index (χ1) is 9.08. The fourth-order valence-corrected chi connectivity index (χ4v) is 2.98. The van der Waals surface area contributed by atoms with Crippen LogP contribution in [0.15, 0.2) is 30.3 Å². The van der Waals surface area contributed by atoms with Crippen LogP contribution in [0, 0.1) is 11.8 Å². The summed E-state index contributed by atoms with van der Waals surface area (Å²) in [6.45, 7) is 6.72. The van der Waals surface area contributed by atoms with Crippen molar-refractivity contribution in [2.75, 3.05) is 0 Å². The molecule has 19 heavy (non-hydrogen) atoms. The highest BCUT2D eigenvalue weighted by Crippen LogP contribution is 2.34. The number of benzene rings is 1. The van der Waals surface area contributed by atoms with Crippen molar-refractivity contribution in [1.29, 1.82) is 0 Å². The normalized spacial score (nSPS) is 30.8. The summed E-state index contributed by atoms with van der Waals surface area (Å²) in [5, 5.41) is 0. The minimum absolute atomic E-state index is 0.0202. The maximum atomic E-state index is 6.33. The largest absolute Gasteiger partial charge is 0.369 e. The first-order valence-electron chi connectivity index (χ1n) is 7.54. The molecular weight excluding hydrogens is 234 g/mol. The maximum Gasteiger partial charge on any atom is 0.0976 e. The van der Waals surface area contributed by atoms with Gasteiger partial charge in [-0.1, -0.05) is 44.2 Å². The second-order valence-electron chi connectivity index (χ2n) is 6.22. The van der Waals surface area contributed by atoms with E-state index in [2.05, 4.69) is 38.1 Å². The van der Waals surface area contributed by atoms with E-state index in [1.165, 1.54) is 18.4 Å². The quantitative estimate of drug-likeness (QED) is 0.891. The van der Waals surface area contributed by atoms with E-state index in [0.717, 1.165) is 18.3 Å². The van der Waals surface area contributed by atoms with Crippen molar-refractivity contribution in [3.63, 3.8) is 0 Å². The van der Waals surface area contributed by atoms with Crippen molar-refractivity contribution >= 4 is 0 Å². The van der Waals surface area contributed by atoms with Gasteiger partial charge in [0.1, 0.15) is 0 Å². The molecule has 1 fully saturated rings. The molecule has 2 nitrogen and oxygen atoms in total. The molecule has 0 aliphatic heterocycles. The van der Waals surface area contributed by atoms with E-state index < -0.39 is 0 Å². The number of hydrogen-bond acceptors (Lipinski definition) is 2. The lowest BCUT2D eigenvalue weighted by molar-refractivity contribution is -0.0568. The number of rotatable bonds is 4. The first kappa shape index (κ1) is 14.5. The van der Waals surface area contributed by atoms with Crippen LogP contribution in [-0.2, 0) is 4.74 Å². The number of nitrogens with two attached hydrogens (primary N) is 1. The predicted molar refractivity (Wildman–Crippen MR) is 79.9 cm³/mol. The van der Waals surface area contributed by atoms with Crippen LogP contribution >= 0.6 is 0 Å². The Labute approximate surface area is 117 Å². The molecule has 5 atom stereocenters. The van der Waals surface area contributed by atoms with Crippen LogP contribution < -0.4 is 5.73 Å². The van der Waals surface area contributed by atoms with Gasteiger partial charge in [-0.3, -0.25) is 0 Å². The lowest BCUT2D eigenvalue weighted by Gasteiger charge is -2.35. The summed E-state index contributed by atoms with van der Waals surface area (Å²) < 4.78 is 6.33. The van der Waals surface area contributed by atoms with Gasteiger partial charge >= 0.3 is 0 Å². The third-order valence-corrected chi connectivity index (χ3v) is 4.49. The molecule has 0 bridgehead atoms. The van der Waals surface area contributed by atoms with Crippen LogP contribution in [0.4, 0.5) is 0 Å². The molecular formula is C17H27NO. The van der Waals surface area contributed by atoms with Crippen LogP contribution in [0.25, 0.3) is 0 Å². The highest BCUT2D eigenvalue weighted by Gasteiger charge is 2.28. The predicted octanol–water partition coefficient (Wildman–Crippen LogP) is 3.92. The van der Waals surface area contributed by atoms with Gasteiger partial charge in [-0.2, -0.15) is 0 Å². The molecule has 106 valence electrons. The number of hydrogen-bond donors (Lipinski definition) is 1. The van der Waals surface area contributed by atoms with Gasteiger partial charge < -0.3 is 10.5 Å². The average Bonchev–Trinajstić information content (AvgIpc) is 2.40. The van der Waals surface area contributed by atoms with E-state index >= 15 is 0 Å². The Hall–Kier alpha value is -0.860. The highest BCUT2D eigenvalue weighted by atomic mass is 16.5. The van der Waals surface area contributed by atoms with Crippen molar-refractivity contribution in [3.8, 4) is 0 Å². The zero-order valence-electron chi connectivity index (χ0n) is 12.4. The van der Waals surface area contributed by atoms with Gasteiger partial charge in [0.05, 0.1) is 12.2 Å². The SMILES string of the molecule is CC(N)C(OC1CCC(C)C(C)C1)c1ccccc1. The minimum atomic E-state index is 0.0202. The third kappa shape index (κ3) is 3.80. The topological polar surface area (TPSA) is 35.2 Å². The molecule has 2 N–H and O–H groups in total. The fraction of sp³-hybridized carbons (Fsp3) is 0.647. The van der Waals surface area contributed by atoms with Gasteiger partial charge in [0, 0.05) is 6.04 Å². The Bertz CT molecular complexity index is 376. The van der Waals surface area contributed by atoms with E-state index in [4.69, 9.17) is 10.5 Å². The molecule has 1 saturated carbocycles. The average molecular weight is 261 g/mol. The summed E-state index contributed by atoms with van der Waals surface area (Å²) in [6, 6.07) is 10.4. The molecule has 1 aliphatic carbocycles. The smallest absolute Gasteiger partial charge is 0.0976 e. The van der Waals surface area contributed by atoms with Crippen LogP contribution in [0.5, 0.6) is 0 Å². The summed E-state index contributed by atoms with van der Waals surface area (Å²) >= 11 is 0. The van der Waals surface area contributed by atoms with Crippen molar-refractivity contribution in [1.82, 2.24) is 0 Å². The van der Waals surface area contributed by atoms with Crippen molar-refractivity contribution in [2.24, 2.45) is 17.6 Å². The number of ether oxygens (including phenoxy) is 1. The van der Waals surface area contributed by atoms with Crippen LogP contribution in [-0.4, -0.2) is 12.1 Å². The third-order valence-electron chi connectivity index (χ3n) is 4.49. The second kappa shape index (κ2) is 6.53. The zero-order valence-corrected chi connectivity index (χ0v) is 12.4. The summed E-state index contributed by atoms with van der Waals surface area (Å²) in [7, 11) is 0. The fourth-order valence-electron chi connectivity index (χ4n) is 2.98. The van der Waals surface area contributed by atoms with E-state index in [-0.39, 0.29) is 12.1 Å². The Morgan fingerprint density at radius 2 is 1.79 bits per heavy atom. The van der Waals surface area contributed by atoms with E-state index in [9.17, 15) is 0 Å². The summed E-state index contributed by atoms with van der Waals surface area (Å²) in [5.74, 6) is 1.58. The molecule has 0 spiro atoms. The van der Waals surface area contributed by atoms with E-state index in [1.54, 1.807) is 0 Å². The van der Waals surface area contributed by atoms with E-state index in [1.807, 2.05) is 13.0 Å². The molecule has 2 heteroatoms. The molecule has 1 aromatic rings. The van der Waals surface area contributed by atoms with Crippen molar-refractivity contribution < 1.29 is 4.74 Å².